The van der Waals surface area contributed by atoms with E-state index < -0.39 is 16.1 Å². The Bertz CT molecular complexity index is 707. The molecule has 0 aliphatic rings. The first-order chi connectivity index (χ1) is 11.5. The number of nitrogens with one attached hydrogen (secondary N) is 1. The highest BCUT2D eigenvalue weighted by Crippen LogP contribution is 2.34. The van der Waals surface area contributed by atoms with Crippen LogP contribution in [0.1, 0.15) is 34.1 Å². The first kappa shape index (κ1) is 21.6. The molecule has 1 N–H and O–H groups in total. The van der Waals surface area contributed by atoms with Gasteiger partial charge in [-0.15, -0.1) is 0 Å². The van der Waals surface area contributed by atoms with Crippen LogP contribution in [0.25, 0.3) is 0 Å². The summed E-state index contributed by atoms with van der Waals surface area (Å²) < 4.78 is 31.3. The number of rotatable bonds is 8. The highest BCUT2D eigenvalue weighted by atomic mass is 35.5. The number of ether oxygens (including phenoxy) is 1. The van der Waals surface area contributed by atoms with Crippen molar-refractivity contribution >= 4 is 33.2 Å². The molecule has 1 aromatic rings. The Morgan fingerprint density at radius 2 is 1.92 bits per heavy atom. The van der Waals surface area contributed by atoms with Crippen molar-refractivity contribution in [3.63, 3.8) is 0 Å². The molecule has 0 unspecified atom stereocenters. The van der Waals surface area contributed by atoms with Gasteiger partial charge in [0.05, 0.1) is 19.1 Å². The number of amides is 1. The number of sulfonamides is 1. The minimum absolute atomic E-state index is 0.0794. The van der Waals surface area contributed by atoms with Gasteiger partial charge in [-0.3, -0.25) is 9.10 Å². The van der Waals surface area contributed by atoms with E-state index in [0.29, 0.717) is 17.2 Å². The van der Waals surface area contributed by atoms with E-state index in [4.69, 9.17) is 16.3 Å². The predicted octanol–water partition coefficient (Wildman–Crippen LogP) is 3.05. The van der Waals surface area contributed by atoms with E-state index in [-0.39, 0.29) is 23.6 Å². The van der Waals surface area contributed by atoms with Crippen LogP contribution in [0.2, 0.25) is 5.02 Å². The van der Waals surface area contributed by atoms with Crippen molar-refractivity contribution in [3.8, 4) is 5.75 Å². The smallest absolute Gasteiger partial charge is 0.244 e. The van der Waals surface area contributed by atoms with Gasteiger partial charge in [0.1, 0.15) is 11.8 Å². The molecule has 8 heteroatoms. The highest BCUT2D eigenvalue weighted by molar-refractivity contribution is 7.92. The van der Waals surface area contributed by atoms with Gasteiger partial charge >= 0.3 is 0 Å². The van der Waals surface area contributed by atoms with E-state index in [1.54, 1.807) is 19.1 Å². The molecule has 0 radical (unpaired) electrons. The van der Waals surface area contributed by atoms with Crippen molar-refractivity contribution in [3.05, 3.63) is 23.2 Å². The average molecular weight is 391 g/mol. The van der Waals surface area contributed by atoms with E-state index in [2.05, 4.69) is 5.32 Å². The Balaban J connectivity index is 3.39. The van der Waals surface area contributed by atoms with Crippen molar-refractivity contribution in [2.45, 2.75) is 46.2 Å². The second kappa shape index (κ2) is 8.76. The lowest BCUT2D eigenvalue weighted by Gasteiger charge is -2.32. The van der Waals surface area contributed by atoms with Gasteiger partial charge in [-0.2, -0.15) is 0 Å². The number of carbonyl (C=O) groups is 1. The first-order valence-electron chi connectivity index (χ1n) is 8.16. The fraction of sp³-hybridized carbons (Fsp3) is 0.588. The standard InChI is InChI=1S/C17H27ClN2O4S/c1-7-14(17(21)19-12(4)11(2)3)20(25(6,22)23)15-10-13(18)8-9-16(15)24-5/h8-12,14H,7H2,1-6H3,(H,19,21)/t12-,14+/m0/s1. The van der Waals surface area contributed by atoms with Crippen LogP contribution in [0.3, 0.4) is 0 Å². The molecule has 6 nitrogen and oxygen atoms in total. The molecule has 0 aliphatic carbocycles. The van der Waals surface area contributed by atoms with E-state index in [0.717, 1.165) is 10.6 Å². The van der Waals surface area contributed by atoms with Gasteiger partial charge in [-0.25, -0.2) is 8.42 Å². The Morgan fingerprint density at radius 1 is 1.32 bits per heavy atom. The van der Waals surface area contributed by atoms with E-state index >= 15 is 0 Å². The summed E-state index contributed by atoms with van der Waals surface area (Å²) in [6.07, 6.45) is 1.37. The minimum atomic E-state index is -3.75. The fourth-order valence-electron chi connectivity index (χ4n) is 2.36. The third kappa shape index (κ3) is 5.51. The van der Waals surface area contributed by atoms with E-state index in [9.17, 15) is 13.2 Å². The third-order valence-electron chi connectivity index (χ3n) is 4.08. The predicted molar refractivity (Wildman–Crippen MR) is 102 cm³/mol. The summed E-state index contributed by atoms with van der Waals surface area (Å²) in [5.41, 5.74) is 0.247. The molecule has 25 heavy (non-hydrogen) atoms. The summed E-state index contributed by atoms with van der Waals surface area (Å²) in [4.78, 5) is 12.7. The van der Waals surface area contributed by atoms with Crippen LogP contribution in [-0.4, -0.2) is 39.8 Å². The number of anilines is 1. The van der Waals surface area contributed by atoms with Gasteiger partial charge in [0.15, 0.2) is 0 Å². The monoisotopic (exact) mass is 390 g/mol. The van der Waals surface area contributed by atoms with Crippen LogP contribution in [0, 0.1) is 5.92 Å². The number of nitrogens with zero attached hydrogens (tertiary/aromatic N) is 1. The van der Waals surface area contributed by atoms with Crippen molar-refractivity contribution in [1.29, 1.82) is 0 Å². The van der Waals surface area contributed by atoms with Crippen LogP contribution in [0.5, 0.6) is 5.75 Å². The Labute approximate surface area is 155 Å². The van der Waals surface area contributed by atoms with Gasteiger partial charge in [0.25, 0.3) is 0 Å². The van der Waals surface area contributed by atoms with Gasteiger partial charge in [-0.1, -0.05) is 32.4 Å². The van der Waals surface area contributed by atoms with Gasteiger partial charge in [0, 0.05) is 11.1 Å². The summed E-state index contributed by atoms with van der Waals surface area (Å²) in [5.74, 6) is 0.211. The molecular weight excluding hydrogens is 364 g/mol. The maximum absolute atomic E-state index is 12.7. The average Bonchev–Trinajstić information content (AvgIpc) is 2.50. The molecule has 142 valence electrons. The van der Waals surface area contributed by atoms with E-state index in [1.165, 1.54) is 13.2 Å². The molecule has 0 aromatic heterocycles. The molecule has 0 saturated carbocycles. The van der Waals surface area contributed by atoms with Crippen LogP contribution < -0.4 is 14.4 Å². The van der Waals surface area contributed by atoms with Crippen molar-refractivity contribution in [1.82, 2.24) is 5.32 Å². The highest BCUT2D eigenvalue weighted by Gasteiger charge is 2.34. The quantitative estimate of drug-likeness (QED) is 0.740. The largest absolute Gasteiger partial charge is 0.495 e. The molecule has 0 aliphatic heterocycles. The SMILES string of the molecule is CC[C@H](C(=O)N[C@@H](C)C(C)C)N(c1cc(Cl)ccc1OC)S(C)(=O)=O. The van der Waals surface area contributed by atoms with Gasteiger partial charge in [0.2, 0.25) is 15.9 Å². The molecular formula is C17H27ClN2O4S. The molecule has 0 heterocycles. The van der Waals surface area contributed by atoms with Crippen molar-refractivity contribution in [2.24, 2.45) is 5.92 Å². The number of hydrogen-bond acceptors (Lipinski definition) is 4. The Kier molecular flexibility index (Phi) is 7.56. The molecule has 0 spiro atoms. The zero-order chi connectivity index (χ0) is 19.4. The van der Waals surface area contributed by atoms with Crippen LogP contribution in [-0.2, 0) is 14.8 Å². The second-order valence-corrected chi connectivity index (χ2v) is 8.64. The first-order valence-corrected chi connectivity index (χ1v) is 10.4. The molecule has 0 fully saturated rings. The maximum atomic E-state index is 12.7. The molecule has 0 saturated heterocycles. The molecule has 1 amide bonds. The minimum Gasteiger partial charge on any atom is -0.495 e. The zero-order valence-electron chi connectivity index (χ0n) is 15.5. The summed E-state index contributed by atoms with van der Waals surface area (Å²) in [6, 6.07) is 3.69. The lowest BCUT2D eigenvalue weighted by molar-refractivity contribution is -0.123. The number of carbonyl (C=O) groups excluding carboxylic acids is 1. The third-order valence-corrected chi connectivity index (χ3v) is 5.48. The van der Waals surface area contributed by atoms with Crippen molar-refractivity contribution in [2.75, 3.05) is 17.7 Å². The second-order valence-electron chi connectivity index (χ2n) is 6.34. The van der Waals surface area contributed by atoms with Gasteiger partial charge < -0.3 is 10.1 Å². The summed E-state index contributed by atoms with van der Waals surface area (Å²) in [6.45, 7) is 7.62. The van der Waals surface area contributed by atoms with Crippen molar-refractivity contribution < 1.29 is 17.9 Å². The summed E-state index contributed by atoms with van der Waals surface area (Å²) in [5, 5.41) is 3.24. The van der Waals surface area contributed by atoms with E-state index in [1.807, 2.05) is 20.8 Å². The van der Waals surface area contributed by atoms with Crippen LogP contribution >= 0.6 is 11.6 Å². The zero-order valence-corrected chi connectivity index (χ0v) is 17.1. The summed E-state index contributed by atoms with van der Waals surface area (Å²) in [7, 11) is -2.31. The molecule has 0 bridgehead atoms. The number of methoxy groups -OCH3 is 1. The molecule has 1 rings (SSSR count). The fourth-order valence-corrected chi connectivity index (χ4v) is 3.73. The normalized spacial score (nSPS) is 14.1. The lowest BCUT2D eigenvalue weighted by atomic mass is 10.1. The summed E-state index contributed by atoms with van der Waals surface area (Å²) >= 11 is 6.04. The number of halogens is 1. The maximum Gasteiger partial charge on any atom is 0.244 e. The lowest BCUT2D eigenvalue weighted by Crippen LogP contribution is -2.52. The Hall–Kier alpha value is -1.47. The van der Waals surface area contributed by atoms with Gasteiger partial charge in [-0.05, 0) is 37.5 Å². The van der Waals surface area contributed by atoms with Crippen LogP contribution in [0.15, 0.2) is 18.2 Å². The molecule has 1 aromatic carbocycles. The Morgan fingerprint density at radius 3 is 2.36 bits per heavy atom. The molecule has 2 atom stereocenters. The number of hydrogen-bond donors (Lipinski definition) is 1. The topological polar surface area (TPSA) is 75.7 Å². The van der Waals surface area contributed by atoms with Crippen LogP contribution in [0.4, 0.5) is 5.69 Å². The number of benzene rings is 1.